The lowest BCUT2D eigenvalue weighted by Crippen LogP contribution is -2.14. The third-order valence-electron chi connectivity index (χ3n) is 3.52. The normalized spacial score (nSPS) is 11.3. The first kappa shape index (κ1) is 14.8. The summed E-state index contributed by atoms with van der Waals surface area (Å²) in [5.74, 6) is -0.182. The molecule has 6 nitrogen and oxygen atoms in total. The molecule has 3 rings (SSSR count). The number of amides is 1. The van der Waals surface area contributed by atoms with E-state index in [0.717, 1.165) is 21.4 Å². The number of nitrogens with one attached hydrogen (secondary N) is 1. The van der Waals surface area contributed by atoms with Crippen LogP contribution in [0.15, 0.2) is 35.2 Å². The van der Waals surface area contributed by atoms with Gasteiger partial charge in [-0.25, -0.2) is 4.52 Å². The molecule has 0 aliphatic carbocycles. The maximum absolute atomic E-state index is 12.6. The van der Waals surface area contributed by atoms with Crippen molar-refractivity contribution in [3.05, 3.63) is 46.5 Å². The number of fused-ring (bicyclic) bond motifs is 1. The Morgan fingerprint density at radius 2 is 2.09 bits per heavy atom. The van der Waals surface area contributed by atoms with Gasteiger partial charge < -0.3 is 5.32 Å². The van der Waals surface area contributed by atoms with Crippen LogP contribution in [-0.4, -0.2) is 25.3 Å². The van der Waals surface area contributed by atoms with Crippen molar-refractivity contribution in [1.82, 2.24) is 19.4 Å². The van der Waals surface area contributed by atoms with Crippen molar-refractivity contribution in [2.45, 2.75) is 26.8 Å². The standard InChI is InChI=1S/C15H16BrN5O/c1-9(2)21-10(3)13(8-18-21)19-15(22)11-5-4-6-20-14(11)12(16)7-17-20/h4-9H,1-3H3,(H,19,22). The second kappa shape index (κ2) is 5.57. The number of nitrogens with zero attached hydrogens (tertiary/aromatic N) is 4. The van der Waals surface area contributed by atoms with Gasteiger partial charge in [0, 0.05) is 12.2 Å². The summed E-state index contributed by atoms with van der Waals surface area (Å²) < 4.78 is 4.33. The SMILES string of the molecule is Cc1c(NC(=O)c2cccn3ncc(Br)c23)cnn1C(C)C. The van der Waals surface area contributed by atoms with Gasteiger partial charge in [-0.1, -0.05) is 0 Å². The van der Waals surface area contributed by atoms with Gasteiger partial charge in [-0.3, -0.25) is 9.48 Å². The fourth-order valence-electron chi connectivity index (χ4n) is 2.45. The van der Waals surface area contributed by atoms with Crippen molar-refractivity contribution in [2.75, 3.05) is 5.32 Å². The first-order valence-electron chi connectivity index (χ1n) is 6.96. The number of anilines is 1. The van der Waals surface area contributed by atoms with E-state index in [4.69, 9.17) is 0 Å². The molecule has 3 aromatic rings. The van der Waals surface area contributed by atoms with Gasteiger partial charge in [0.05, 0.1) is 39.3 Å². The van der Waals surface area contributed by atoms with Crippen LogP contribution in [0.5, 0.6) is 0 Å². The molecule has 0 aromatic carbocycles. The maximum atomic E-state index is 12.6. The number of carbonyl (C=O) groups excluding carboxylic acids is 1. The van der Waals surface area contributed by atoms with E-state index in [-0.39, 0.29) is 11.9 Å². The highest BCUT2D eigenvalue weighted by molar-refractivity contribution is 9.10. The molecule has 0 saturated carbocycles. The van der Waals surface area contributed by atoms with Gasteiger partial charge in [-0.05, 0) is 48.8 Å². The Bertz CT molecular complexity index is 849. The third-order valence-corrected chi connectivity index (χ3v) is 4.10. The molecule has 0 aliphatic rings. The first-order valence-corrected chi connectivity index (χ1v) is 7.75. The molecular formula is C15H16BrN5O. The number of hydrogen-bond acceptors (Lipinski definition) is 3. The zero-order valence-corrected chi connectivity index (χ0v) is 14.1. The van der Waals surface area contributed by atoms with E-state index in [0.29, 0.717) is 5.56 Å². The molecule has 3 heterocycles. The number of rotatable bonds is 3. The molecule has 0 bridgehead atoms. The first-order chi connectivity index (χ1) is 10.5. The summed E-state index contributed by atoms with van der Waals surface area (Å²) in [6.07, 6.45) is 5.16. The van der Waals surface area contributed by atoms with Gasteiger partial charge in [0.25, 0.3) is 5.91 Å². The second-order valence-electron chi connectivity index (χ2n) is 5.34. The highest BCUT2D eigenvalue weighted by Crippen LogP contribution is 2.23. The zero-order valence-electron chi connectivity index (χ0n) is 12.5. The van der Waals surface area contributed by atoms with Gasteiger partial charge in [0.2, 0.25) is 0 Å². The Morgan fingerprint density at radius 1 is 1.32 bits per heavy atom. The highest BCUT2D eigenvalue weighted by atomic mass is 79.9. The number of pyridine rings is 1. The van der Waals surface area contributed by atoms with Crippen molar-refractivity contribution in [1.29, 1.82) is 0 Å². The fraction of sp³-hybridized carbons (Fsp3) is 0.267. The molecule has 0 fully saturated rings. The largest absolute Gasteiger partial charge is 0.319 e. The molecule has 114 valence electrons. The van der Waals surface area contributed by atoms with Crippen LogP contribution in [0.1, 0.15) is 35.9 Å². The van der Waals surface area contributed by atoms with Gasteiger partial charge in [-0.2, -0.15) is 10.2 Å². The summed E-state index contributed by atoms with van der Waals surface area (Å²) in [4.78, 5) is 12.6. The van der Waals surface area contributed by atoms with Gasteiger partial charge in [-0.15, -0.1) is 0 Å². The summed E-state index contributed by atoms with van der Waals surface area (Å²) >= 11 is 3.43. The molecule has 0 aliphatic heterocycles. The predicted molar refractivity (Wildman–Crippen MR) is 88.2 cm³/mol. The smallest absolute Gasteiger partial charge is 0.257 e. The Labute approximate surface area is 136 Å². The molecule has 0 spiro atoms. The van der Waals surface area contributed by atoms with Gasteiger partial charge >= 0.3 is 0 Å². The molecule has 1 amide bonds. The maximum Gasteiger partial charge on any atom is 0.257 e. The predicted octanol–water partition coefficient (Wildman–Crippen LogP) is 3.43. The molecule has 0 radical (unpaired) electrons. The summed E-state index contributed by atoms with van der Waals surface area (Å²) in [5, 5.41) is 11.4. The molecule has 7 heteroatoms. The lowest BCUT2D eigenvalue weighted by molar-refractivity contribution is 0.102. The number of carbonyl (C=O) groups is 1. The van der Waals surface area contributed by atoms with Crippen molar-refractivity contribution in [3.8, 4) is 0 Å². The molecule has 0 atom stereocenters. The van der Waals surface area contributed by atoms with E-state index < -0.39 is 0 Å². The molecular weight excluding hydrogens is 346 g/mol. The molecule has 22 heavy (non-hydrogen) atoms. The van der Waals surface area contributed by atoms with E-state index in [2.05, 4.69) is 45.3 Å². The molecule has 1 N–H and O–H groups in total. The van der Waals surface area contributed by atoms with E-state index in [1.165, 1.54) is 0 Å². The van der Waals surface area contributed by atoms with E-state index in [1.54, 1.807) is 35.2 Å². The number of halogens is 1. The lowest BCUT2D eigenvalue weighted by atomic mass is 10.2. The van der Waals surface area contributed by atoms with Crippen molar-refractivity contribution in [2.24, 2.45) is 0 Å². The highest BCUT2D eigenvalue weighted by Gasteiger charge is 2.16. The van der Waals surface area contributed by atoms with E-state index in [1.807, 2.05) is 11.6 Å². The van der Waals surface area contributed by atoms with Crippen LogP contribution in [0.25, 0.3) is 5.52 Å². The zero-order chi connectivity index (χ0) is 15.9. The van der Waals surface area contributed by atoms with Crippen LogP contribution in [-0.2, 0) is 0 Å². The lowest BCUT2D eigenvalue weighted by Gasteiger charge is -2.10. The molecule has 0 unspecified atom stereocenters. The second-order valence-corrected chi connectivity index (χ2v) is 6.20. The summed E-state index contributed by atoms with van der Waals surface area (Å²) in [6, 6.07) is 3.82. The Hall–Kier alpha value is -2.15. The van der Waals surface area contributed by atoms with Crippen molar-refractivity contribution in [3.63, 3.8) is 0 Å². The summed E-state index contributed by atoms with van der Waals surface area (Å²) in [6.45, 7) is 6.05. The minimum Gasteiger partial charge on any atom is -0.319 e. The molecule has 3 aromatic heterocycles. The van der Waals surface area contributed by atoms with Gasteiger partial charge in [0.15, 0.2) is 0 Å². The van der Waals surface area contributed by atoms with E-state index >= 15 is 0 Å². The minimum absolute atomic E-state index is 0.182. The Kier molecular flexibility index (Phi) is 3.74. The van der Waals surface area contributed by atoms with Crippen LogP contribution in [0.4, 0.5) is 5.69 Å². The van der Waals surface area contributed by atoms with Crippen LogP contribution in [0, 0.1) is 6.92 Å². The van der Waals surface area contributed by atoms with Crippen molar-refractivity contribution < 1.29 is 4.79 Å². The average Bonchev–Trinajstić information content (AvgIpc) is 3.03. The third kappa shape index (κ3) is 2.41. The average molecular weight is 362 g/mol. The summed E-state index contributed by atoms with van der Waals surface area (Å²) in [5.41, 5.74) is 2.96. The summed E-state index contributed by atoms with van der Waals surface area (Å²) in [7, 11) is 0. The van der Waals surface area contributed by atoms with Crippen LogP contribution >= 0.6 is 15.9 Å². The minimum atomic E-state index is -0.182. The Morgan fingerprint density at radius 3 is 2.77 bits per heavy atom. The van der Waals surface area contributed by atoms with Crippen molar-refractivity contribution >= 4 is 33.0 Å². The quantitative estimate of drug-likeness (QED) is 0.776. The van der Waals surface area contributed by atoms with Crippen LogP contribution in [0.3, 0.4) is 0 Å². The van der Waals surface area contributed by atoms with E-state index in [9.17, 15) is 4.79 Å². The van der Waals surface area contributed by atoms with Crippen LogP contribution < -0.4 is 5.32 Å². The number of hydrogen-bond donors (Lipinski definition) is 1. The topological polar surface area (TPSA) is 64.2 Å². The fourth-order valence-corrected chi connectivity index (χ4v) is 2.93. The monoisotopic (exact) mass is 361 g/mol. The molecule has 0 saturated heterocycles. The Balaban J connectivity index is 1.96. The van der Waals surface area contributed by atoms with Crippen LogP contribution in [0.2, 0.25) is 0 Å². The number of aromatic nitrogens is 4. The van der Waals surface area contributed by atoms with Gasteiger partial charge in [0.1, 0.15) is 0 Å².